The van der Waals surface area contributed by atoms with Crippen LogP contribution in [0, 0.1) is 0 Å². The van der Waals surface area contributed by atoms with E-state index in [9.17, 15) is 4.79 Å². The summed E-state index contributed by atoms with van der Waals surface area (Å²) in [5.41, 5.74) is 2.38. The van der Waals surface area contributed by atoms with Crippen LogP contribution in [0.25, 0.3) is 5.65 Å². The number of carbonyl (C=O) groups is 1. The fourth-order valence-electron chi connectivity index (χ4n) is 3.12. The van der Waals surface area contributed by atoms with Crippen LogP contribution in [0.3, 0.4) is 0 Å². The van der Waals surface area contributed by atoms with Crippen LogP contribution in [-0.2, 0) is 0 Å². The molecule has 3 aromatic heterocycles. The molecular weight excluding hydrogens is 278 g/mol. The molecule has 1 aliphatic rings. The highest BCUT2D eigenvalue weighted by molar-refractivity contribution is 5.92. The maximum atomic E-state index is 12.7. The molecule has 1 aliphatic heterocycles. The highest BCUT2D eigenvalue weighted by Crippen LogP contribution is 2.33. The van der Waals surface area contributed by atoms with Gasteiger partial charge < -0.3 is 9.30 Å². The van der Waals surface area contributed by atoms with E-state index in [1.54, 1.807) is 18.6 Å². The lowest BCUT2D eigenvalue weighted by molar-refractivity contribution is 0.0725. The molecule has 1 saturated heterocycles. The summed E-state index contributed by atoms with van der Waals surface area (Å²) in [6.07, 6.45) is 10.3. The van der Waals surface area contributed by atoms with E-state index in [4.69, 9.17) is 0 Å². The first-order valence-electron chi connectivity index (χ1n) is 7.33. The quantitative estimate of drug-likeness (QED) is 0.726. The first kappa shape index (κ1) is 12.9. The Bertz CT molecular complexity index is 814. The lowest BCUT2D eigenvalue weighted by atomic mass is 10.1. The van der Waals surface area contributed by atoms with Crippen LogP contribution in [0.1, 0.15) is 35.1 Å². The van der Waals surface area contributed by atoms with Crippen molar-refractivity contribution in [3.05, 3.63) is 60.6 Å². The van der Waals surface area contributed by atoms with E-state index in [0.717, 1.165) is 30.7 Å². The number of aromatic nitrogens is 4. The van der Waals surface area contributed by atoms with Gasteiger partial charge in [0.15, 0.2) is 0 Å². The second-order valence-electron chi connectivity index (χ2n) is 5.35. The molecule has 0 bridgehead atoms. The monoisotopic (exact) mass is 293 g/mol. The van der Waals surface area contributed by atoms with Gasteiger partial charge >= 0.3 is 0 Å². The van der Waals surface area contributed by atoms with Gasteiger partial charge in [-0.25, -0.2) is 9.97 Å². The van der Waals surface area contributed by atoms with Gasteiger partial charge in [0.05, 0.1) is 12.2 Å². The molecule has 110 valence electrons. The Morgan fingerprint density at radius 2 is 2.14 bits per heavy atom. The summed E-state index contributed by atoms with van der Waals surface area (Å²) in [4.78, 5) is 27.0. The highest BCUT2D eigenvalue weighted by Gasteiger charge is 2.32. The normalized spacial score (nSPS) is 18.0. The van der Waals surface area contributed by atoms with Gasteiger partial charge in [-0.2, -0.15) is 0 Å². The summed E-state index contributed by atoms with van der Waals surface area (Å²) in [5.74, 6) is -0.0623. The Labute approximate surface area is 127 Å². The van der Waals surface area contributed by atoms with Crippen molar-refractivity contribution >= 4 is 11.6 Å². The molecule has 6 heteroatoms. The van der Waals surface area contributed by atoms with Gasteiger partial charge in [-0.15, -0.1) is 0 Å². The van der Waals surface area contributed by atoms with Gasteiger partial charge in [-0.05, 0) is 25.0 Å². The molecular formula is C16H15N5O. The highest BCUT2D eigenvalue weighted by atomic mass is 16.2. The molecule has 0 aliphatic carbocycles. The van der Waals surface area contributed by atoms with Gasteiger partial charge in [0.25, 0.3) is 5.91 Å². The van der Waals surface area contributed by atoms with Crippen molar-refractivity contribution in [2.75, 3.05) is 6.54 Å². The van der Waals surface area contributed by atoms with Crippen LogP contribution in [0.15, 0.2) is 49.2 Å². The summed E-state index contributed by atoms with van der Waals surface area (Å²) < 4.78 is 2.05. The number of nitrogens with zero attached hydrogens (tertiary/aromatic N) is 5. The molecule has 0 unspecified atom stereocenters. The molecule has 0 aromatic carbocycles. The lowest BCUT2D eigenvalue weighted by Crippen LogP contribution is -2.32. The van der Waals surface area contributed by atoms with E-state index in [-0.39, 0.29) is 11.9 Å². The van der Waals surface area contributed by atoms with Crippen LogP contribution in [0.5, 0.6) is 0 Å². The van der Waals surface area contributed by atoms with E-state index >= 15 is 0 Å². The molecule has 4 rings (SSSR count). The van der Waals surface area contributed by atoms with Crippen molar-refractivity contribution in [3.8, 4) is 0 Å². The molecule has 0 saturated carbocycles. The predicted molar refractivity (Wildman–Crippen MR) is 80.2 cm³/mol. The lowest BCUT2D eigenvalue weighted by Gasteiger charge is -2.25. The number of likely N-dealkylation sites (tertiary alicyclic amines) is 1. The van der Waals surface area contributed by atoms with Gasteiger partial charge in [0, 0.05) is 37.0 Å². The molecule has 1 fully saturated rings. The van der Waals surface area contributed by atoms with Crippen molar-refractivity contribution in [2.45, 2.75) is 18.9 Å². The maximum Gasteiger partial charge on any atom is 0.274 e. The van der Waals surface area contributed by atoms with E-state index < -0.39 is 0 Å². The fourth-order valence-corrected chi connectivity index (χ4v) is 3.12. The number of hydrogen-bond acceptors (Lipinski definition) is 4. The van der Waals surface area contributed by atoms with Crippen LogP contribution in [-0.4, -0.2) is 36.7 Å². The van der Waals surface area contributed by atoms with Gasteiger partial charge in [-0.1, -0.05) is 6.07 Å². The number of imidazole rings is 1. The zero-order valence-corrected chi connectivity index (χ0v) is 12.0. The molecule has 3 aromatic rings. The van der Waals surface area contributed by atoms with Crippen molar-refractivity contribution in [3.63, 3.8) is 0 Å². The summed E-state index contributed by atoms with van der Waals surface area (Å²) in [6, 6.07) is 6.06. The van der Waals surface area contributed by atoms with E-state index in [0.29, 0.717) is 5.69 Å². The minimum atomic E-state index is -0.0623. The Balaban J connectivity index is 1.72. The zero-order valence-electron chi connectivity index (χ0n) is 12.0. The molecule has 1 amide bonds. The fraction of sp³-hybridized carbons (Fsp3) is 0.250. The maximum absolute atomic E-state index is 12.7. The average molecular weight is 293 g/mol. The average Bonchev–Trinajstić information content (AvgIpc) is 3.23. The number of hydrogen-bond donors (Lipinski definition) is 0. The molecule has 22 heavy (non-hydrogen) atoms. The Hall–Kier alpha value is -2.76. The molecule has 4 heterocycles. The number of carbonyl (C=O) groups excluding carboxylic acids is 1. The van der Waals surface area contributed by atoms with Crippen LogP contribution >= 0.6 is 0 Å². The van der Waals surface area contributed by atoms with Gasteiger partial charge in [0.2, 0.25) is 0 Å². The number of fused-ring (bicyclic) bond motifs is 1. The number of pyridine rings is 1. The third-order valence-electron chi connectivity index (χ3n) is 4.10. The van der Waals surface area contributed by atoms with Crippen molar-refractivity contribution in [1.29, 1.82) is 0 Å². The van der Waals surface area contributed by atoms with Crippen molar-refractivity contribution < 1.29 is 4.79 Å². The predicted octanol–water partition coefficient (Wildman–Crippen LogP) is 2.10. The van der Waals surface area contributed by atoms with E-state index in [1.165, 1.54) is 6.20 Å². The molecule has 0 radical (unpaired) electrons. The molecule has 6 nitrogen and oxygen atoms in total. The minimum absolute atomic E-state index is 0.0485. The molecule has 1 atom stereocenters. The molecule has 0 N–H and O–H groups in total. The molecule has 0 spiro atoms. The summed E-state index contributed by atoms with van der Waals surface area (Å²) in [7, 11) is 0. The smallest absolute Gasteiger partial charge is 0.274 e. The zero-order chi connectivity index (χ0) is 14.9. The Kier molecular flexibility index (Phi) is 3.07. The third kappa shape index (κ3) is 2.04. The summed E-state index contributed by atoms with van der Waals surface area (Å²) in [6.45, 7) is 0.741. The van der Waals surface area contributed by atoms with Gasteiger partial charge in [-0.3, -0.25) is 9.78 Å². The summed E-state index contributed by atoms with van der Waals surface area (Å²) >= 11 is 0. The second kappa shape index (κ2) is 5.22. The first-order chi connectivity index (χ1) is 10.8. The number of rotatable bonds is 2. The van der Waals surface area contributed by atoms with Gasteiger partial charge in [0.1, 0.15) is 11.3 Å². The Morgan fingerprint density at radius 3 is 3.00 bits per heavy atom. The first-order valence-corrected chi connectivity index (χ1v) is 7.33. The number of amides is 1. The standard InChI is InChI=1S/C16H15N5O/c22-16(12-11-17-6-7-18-12)21-9-2-4-14(21)13-3-1-5-15-19-8-10-20(13)15/h1,3,5-8,10-11,14H,2,4,9H2/t14-/m0/s1. The third-order valence-corrected chi connectivity index (χ3v) is 4.10. The van der Waals surface area contributed by atoms with E-state index in [1.807, 2.05) is 27.6 Å². The van der Waals surface area contributed by atoms with Crippen molar-refractivity contribution in [2.24, 2.45) is 0 Å². The summed E-state index contributed by atoms with van der Waals surface area (Å²) in [5, 5.41) is 0. The van der Waals surface area contributed by atoms with Crippen molar-refractivity contribution in [1.82, 2.24) is 24.3 Å². The SMILES string of the molecule is O=C(c1cnccn1)N1CCC[C@H]1c1cccc2nccn12. The van der Waals surface area contributed by atoms with Crippen LogP contribution in [0.4, 0.5) is 0 Å². The van der Waals surface area contributed by atoms with E-state index in [2.05, 4.69) is 21.0 Å². The van der Waals surface area contributed by atoms with Crippen LogP contribution in [0.2, 0.25) is 0 Å². The Morgan fingerprint density at radius 1 is 1.18 bits per heavy atom. The van der Waals surface area contributed by atoms with Crippen LogP contribution < -0.4 is 0 Å². The topological polar surface area (TPSA) is 63.4 Å². The minimum Gasteiger partial charge on any atom is -0.329 e. The second-order valence-corrected chi connectivity index (χ2v) is 5.35. The largest absolute Gasteiger partial charge is 0.329 e.